The zero-order valence-electron chi connectivity index (χ0n) is 52.3. The predicted molar refractivity (Wildman–Crippen MR) is 413 cm³/mol. The number of hydrogen-bond acceptors (Lipinski definition) is 8. The van der Waals surface area contributed by atoms with Gasteiger partial charge in [-0.2, -0.15) is 0 Å². The molecular formula is C88H64N8. The third-order valence-electron chi connectivity index (χ3n) is 19.6. The van der Waals surface area contributed by atoms with E-state index in [0.717, 1.165) is 93.8 Å². The first kappa shape index (κ1) is 56.9. The second kappa shape index (κ2) is 22.7. The zero-order chi connectivity index (χ0) is 64.9. The molecule has 0 heterocycles. The molecule has 0 fully saturated rings. The van der Waals surface area contributed by atoms with Gasteiger partial charge in [0.15, 0.2) is 0 Å². The van der Waals surface area contributed by atoms with Crippen LogP contribution >= 0.6 is 0 Å². The summed E-state index contributed by atoms with van der Waals surface area (Å²) in [4.78, 5) is 0. The monoisotopic (exact) mass is 1230 g/mol. The van der Waals surface area contributed by atoms with Gasteiger partial charge in [-0.25, -0.2) is 0 Å². The molecule has 15 N–H and O–H groups in total. The van der Waals surface area contributed by atoms with Crippen molar-refractivity contribution in [3.63, 3.8) is 0 Å². The molecule has 0 unspecified atom stereocenters. The van der Waals surface area contributed by atoms with E-state index >= 15 is 0 Å². The van der Waals surface area contributed by atoms with Gasteiger partial charge in [-0.15, -0.1) is 0 Å². The summed E-state index contributed by atoms with van der Waals surface area (Å²) < 4.78 is 0. The molecule has 0 bridgehead atoms. The summed E-state index contributed by atoms with van der Waals surface area (Å²) in [5, 5.41) is 17.5. The van der Waals surface area contributed by atoms with Crippen molar-refractivity contribution < 1.29 is 0 Å². The van der Waals surface area contributed by atoms with Crippen LogP contribution in [0.3, 0.4) is 0 Å². The fourth-order valence-corrected chi connectivity index (χ4v) is 15.0. The summed E-state index contributed by atoms with van der Waals surface area (Å²) in [6, 6.07) is 105. The molecule has 0 radical (unpaired) electrons. The van der Waals surface area contributed by atoms with Gasteiger partial charge in [0, 0.05) is 38.4 Å². The van der Waals surface area contributed by atoms with Crippen molar-refractivity contribution in [1.82, 2.24) is 0 Å². The summed E-state index contributed by atoms with van der Waals surface area (Å²) in [5.41, 5.74) is 70.5. The van der Waals surface area contributed by atoms with Crippen LogP contribution in [0.1, 0.15) is 0 Å². The number of fused-ring (bicyclic) bond motifs is 7. The summed E-state index contributed by atoms with van der Waals surface area (Å²) in [5.74, 6) is 0. The molecule has 8 nitrogen and oxygen atoms in total. The molecule has 0 saturated heterocycles. The number of anilines is 9. The largest absolute Gasteiger partial charge is 0.396 e. The topological polar surface area (TPSA) is 194 Å². The molecule has 17 aromatic carbocycles. The maximum absolute atomic E-state index is 7.81. The molecule has 0 saturated carbocycles. The molecule has 0 aromatic heterocycles. The lowest BCUT2D eigenvalue weighted by molar-refractivity contribution is 1.55. The van der Waals surface area contributed by atoms with Gasteiger partial charge in [-0.1, -0.05) is 273 Å². The molecule has 17 aromatic rings. The van der Waals surface area contributed by atoms with Crippen LogP contribution in [0, 0.1) is 0 Å². The molecule has 0 spiro atoms. The summed E-state index contributed by atoms with van der Waals surface area (Å²) in [6.07, 6.45) is 0. The number of rotatable bonds is 10. The maximum Gasteiger partial charge on any atom is 0.0879 e. The van der Waals surface area contributed by atoms with Crippen molar-refractivity contribution in [3.8, 4) is 89.0 Å². The van der Waals surface area contributed by atoms with E-state index in [1.54, 1.807) is 0 Å². The van der Waals surface area contributed by atoms with E-state index in [-0.39, 0.29) is 28.4 Å². The van der Waals surface area contributed by atoms with Crippen molar-refractivity contribution in [2.45, 2.75) is 0 Å². The molecule has 0 atom stereocenters. The van der Waals surface area contributed by atoms with E-state index in [2.05, 4.69) is 260 Å². The minimum Gasteiger partial charge on any atom is -0.396 e. The second-order valence-corrected chi connectivity index (χ2v) is 25.0. The highest BCUT2D eigenvalue weighted by molar-refractivity contribution is 6.37. The standard InChI is InChI=1S/C88H64N8/c89-81-77-74(58-39-35-52(36-40-58)50-17-3-1-4-18-50)78-80(76(79(77)82(90)86(94)85(81)93)68-34-16-26-55-23-9-12-31-66(55)68)83(91)87(95)88(84(78)92)96-62-28-13-27-59(47-62)61-44-46-70-71(49-61)73(57-41-37-56(38-42-57)64-32-14-24-53-21-7-10-29-63(53)64)69-45-43-60(51-19-5-2-6-20-51)48-72(69)75(70)67-33-15-25-54-22-8-11-30-65(54)67/h1-49,96H,89-95H2. The van der Waals surface area contributed by atoms with E-state index in [4.69, 9.17) is 40.1 Å². The van der Waals surface area contributed by atoms with Gasteiger partial charge in [0.25, 0.3) is 0 Å². The van der Waals surface area contributed by atoms with Crippen molar-refractivity contribution >= 4 is 127 Å². The Balaban J connectivity index is 0.881. The fourth-order valence-electron chi connectivity index (χ4n) is 15.0. The Morgan fingerprint density at radius 2 is 0.542 bits per heavy atom. The Kier molecular flexibility index (Phi) is 13.4. The van der Waals surface area contributed by atoms with Crippen molar-refractivity contribution in [2.75, 3.05) is 45.5 Å². The SMILES string of the molecule is Nc1c(N)c(N)c2c(-c3cccc4ccccc34)c3c(N)c(N)c(Nc4cccc(-c5ccc6c(-c7cccc8ccccc78)c7cc(-c8ccccc8)ccc7c(-c7ccc(-c8cccc9ccccc89)cc7)c6c5)c4)c(N)c3c(-c3ccc(-c4ccccc4)cc3)c2c1N. The molecule has 96 heavy (non-hydrogen) atoms. The first-order valence-corrected chi connectivity index (χ1v) is 32.2. The fraction of sp³-hybridized carbons (Fsp3) is 0. The first-order chi connectivity index (χ1) is 47.1. The van der Waals surface area contributed by atoms with E-state index < -0.39 is 0 Å². The smallest absolute Gasteiger partial charge is 0.0879 e. The van der Waals surface area contributed by atoms with Crippen LogP contribution in [0.5, 0.6) is 0 Å². The third kappa shape index (κ3) is 9.14. The number of nitrogens with two attached hydrogens (primary N) is 7. The Hall–Kier alpha value is -13.0. The Morgan fingerprint density at radius 1 is 0.188 bits per heavy atom. The summed E-state index contributed by atoms with van der Waals surface area (Å²) >= 11 is 0. The van der Waals surface area contributed by atoms with Gasteiger partial charge in [-0.3, -0.25) is 0 Å². The van der Waals surface area contributed by atoms with Gasteiger partial charge >= 0.3 is 0 Å². The van der Waals surface area contributed by atoms with Crippen LogP contribution in [0.2, 0.25) is 0 Å². The van der Waals surface area contributed by atoms with Crippen molar-refractivity contribution in [1.29, 1.82) is 0 Å². The molecule has 17 rings (SSSR count). The number of hydrogen-bond donors (Lipinski definition) is 8. The highest BCUT2D eigenvalue weighted by atomic mass is 14.9. The average Bonchev–Trinajstić information content (AvgIpc) is 0.703. The van der Waals surface area contributed by atoms with E-state index in [9.17, 15) is 0 Å². The molecule has 0 amide bonds. The average molecular weight is 1230 g/mol. The lowest BCUT2D eigenvalue weighted by Gasteiger charge is -2.27. The first-order valence-electron chi connectivity index (χ1n) is 32.2. The molecule has 8 heteroatoms. The Labute approximate surface area is 555 Å². The zero-order valence-corrected chi connectivity index (χ0v) is 52.3. The van der Waals surface area contributed by atoms with E-state index in [1.165, 1.54) is 43.6 Å². The van der Waals surface area contributed by atoms with Crippen LogP contribution in [0.15, 0.2) is 297 Å². The lowest BCUT2D eigenvalue weighted by Crippen LogP contribution is -2.10. The molecule has 0 aliphatic rings. The van der Waals surface area contributed by atoms with Gasteiger partial charge in [0.05, 0.1) is 45.5 Å². The van der Waals surface area contributed by atoms with Crippen LogP contribution in [-0.4, -0.2) is 0 Å². The van der Waals surface area contributed by atoms with Crippen molar-refractivity contribution in [2.24, 2.45) is 0 Å². The summed E-state index contributed by atoms with van der Waals surface area (Å²) in [6.45, 7) is 0. The highest BCUT2D eigenvalue weighted by Crippen LogP contribution is 2.58. The summed E-state index contributed by atoms with van der Waals surface area (Å²) in [7, 11) is 0. The van der Waals surface area contributed by atoms with Gasteiger partial charge in [0.2, 0.25) is 0 Å². The second-order valence-electron chi connectivity index (χ2n) is 25.0. The maximum atomic E-state index is 7.81. The normalized spacial score (nSPS) is 11.6. The highest BCUT2D eigenvalue weighted by Gasteiger charge is 2.30. The molecular weight excluding hydrogens is 1170 g/mol. The Morgan fingerprint density at radius 3 is 1.11 bits per heavy atom. The van der Waals surface area contributed by atoms with Gasteiger partial charge < -0.3 is 45.5 Å². The molecule has 456 valence electrons. The minimum atomic E-state index is 0.174. The van der Waals surface area contributed by atoms with Crippen LogP contribution < -0.4 is 45.5 Å². The van der Waals surface area contributed by atoms with Crippen LogP contribution in [-0.2, 0) is 0 Å². The third-order valence-corrected chi connectivity index (χ3v) is 19.6. The number of benzene rings is 17. The quantitative estimate of drug-likeness (QED) is 0.0489. The number of nitrogen functional groups attached to an aromatic ring is 7. The molecule has 0 aliphatic heterocycles. The molecule has 0 aliphatic carbocycles. The van der Waals surface area contributed by atoms with Crippen LogP contribution in [0.25, 0.3) is 164 Å². The van der Waals surface area contributed by atoms with E-state index in [1.807, 2.05) is 42.5 Å². The van der Waals surface area contributed by atoms with Gasteiger partial charge in [0.1, 0.15) is 0 Å². The minimum absolute atomic E-state index is 0.174. The van der Waals surface area contributed by atoms with E-state index in [0.29, 0.717) is 49.7 Å². The Bertz CT molecular complexity index is 6030. The van der Waals surface area contributed by atoms with Crippen LogP contribution in [0.4, 0.5) is 51.2 Å². The van der Waals surface area contributed by atoms with Gasteiger partial charge in [-0.05, 0) is 156 Å². The number of nitrogens with one attached hydrogen (secondary N) is 1. The predicted octanol–water partition coefficient (Wildman–Crippen LogP) is 21.9. The lowest BCUT2D eigenvalue weighted by atomic mass is 9.81. The van der Waals surface area contributed by atoms with Crippen molar-refractivity contribution in [3.05, 3.63) is 297 Å².